The van der Waals surface area contributed by atoms with Crippen molar-refractivity contribution in [1.82, 2.24) is 0 Å². The molecule has 2 rings (SSSR count). The summed E-state index contributed by atoms with van der Waals surface area (Å²) in [5.41, 5.74) is 2.02. The standard InChI is InChI=1S/C15H22IN/c1-3-8-15(9-4-2)11-17(12-15)14-7-5-6-13(16)10-14/h5-7,10H,3-4,8-9,11-12H2,1-2H3. The van der Waals surface area contributed by atoms with E-state index in [1.807, 2.05) is 0 Å². The zero-order chi connectivity index (χ0) is 12.3. The van der Waals surface area contributed by atoms with Crippen molar-refractivity contribution in [2.45, 2.75) is 39.5 Å². The SMILES string of the molecule is CCCC1(CCC)CN(c2cccc(I)c2)C1. The van der Waals surface area contributed by atoms with Crippen LogP contribution >= 0.6 is 22.6 Å². The van der Waals surface area contributed by atoms with E-state index in [4.69, 9.17) is 0 Å². The fourth-order valence-electron chi connectivity index (χ4n) is 3.12. The van der Waals surface area contributed by atoms with Crippen LogP contribution in [0.25, 0.3) is 0 Å². The van der Waals surface area contributed by atoms with Crippen molar-refractivity contribution >= 4 is 28.3 Å². The van der Waals surface area contributed by atoms with Gasteiger partial charge in [0.2, 0.25) is 0 Å². The van der Waals surface area contributed by atoms with Crippen LogP contribution in [0, 0.1) is 8.99 Å². The quantitative estimate of drug-likeness (QED) is 0.701. The van der Waals surface area contributed by atoms with Gasteiger partial charge in [-0.15, -0.1) is 0 Å². The fourth-order valence-corrected chi connectivity index (χ4v) is 3.65. The molecular weight excluding hydrogens is 321 g/mol. The van der Waals surface area contributed by atoms with Gasteiger partial charge in [-0.3, -0.25) is 0 Å². The van der Waals surface area contributed by atoms with E-state index in [0.717, 1.165) is 0 Å². The molecule has 1 aromatic carbocycles. The minimum absolute atomic E-state index is 0.616. The molecule has 0 bridgehead atoms. The summed E-state index contributed by atoms with van der Waals surface area (Å²) in [6.45, 7) is 7.14. The summed E-state index contributed by atoms with van der Waals surface area (Å²) in [4.78, 5) is 2.54. The average Bonchev–Trinajstić information content (AvgIpc) is 2.25. The zero-order valence-corrected chi connectivity index (χ0v) is 13.0. The van der Waals surface area contributed by atoms with Crippen LogP contribution in [0.15, 0.2) is 24.3 Å². The molecule has 2 heteroatoms. The van der Waals surface area contributed by atoms with Crippen LogP contribution in [0.5, 0.6) is 0 Å². The van der Waals surface area contributed by atoms with Crippen LogP contribution in [-0.4, -0.2) is 13.1 Å². The first-order valence-electron chi connectivity index (χ1n) is 6.69. The second kappa shape index (κ2) is 5.59. The molecule has 94 valence electrons. The predicted molar refractivity (Wildman–Crippen MR) is 83.6 cm³/mol. The van der Waals surface area contributed by atoms with Gasteiger partial charge in [-0.2, -0.15) is 0 Å². The third-order valence-corrected chi connectivity index (χ3v) is 4.46. The van der Waals surface area contributed by atoms with Gasteiger partial charge in [0, 0.05) is 27.8 Å². The smallest absolute Gasteiger partial charge is 0.0377 e. The number of benzene rings is 1. The molecule has 17 heavy (non-hydrogen) atoms. The van der Waals surface area contributed by atoms with Crippen molar-refractivity contribution in [3.8, 4) is 0 Å². The van der Waals surface area contributed by atoms with E-state index >= 15 is 0 Å². The summed E-state index contributed by atoms with van der Waals surface area (Å²) >= 11 is 2.39. The number of anilines is 1. The lowest BCUT2D eigenvalue weighted by molar-refractivity contribution is 0.173. The average molecular weight is 343 g/mol. The van der Waals surface area contributed by atoms with Crippen molar-refractivity contribution in [2.24, 2.45) is 5.41 Å². The van der Waals surface area contributed by atoms with E-state index in [2.05, 4.69) is 65.6 Å². The molecule has 1 aliphatic heterocycles. The minimum Gasteiger partial charge on any atom is -0.370 e. The highest BCUT2D eigenvalue weighted by atomic mass is 127. The molecule has 1 saturated heterocycles. The highest BCUT2D eigenvalue weighted by molar-refractivity contribution is 14.1. The molecule has 1 aliphatic rings. The third-order valence-electron chi connectivity index (χ3n) is 3.79. The van der Waals surface area contributed by atoms with Gasteiger partial charge >= 0.3 is 0 Å². The molecule has 0 N–H and O–H groups in total. The summed E-state index contributed by atoms with van der Waals surface area (Å²) in [5.74, 6) is 0. The first-order chi connectivity index (χ1) is 8.19. The number of hydrogen-bond donors (Lipinski definition) is 0. The molecule has 1 heterocycles. The van der Waals surface area contributed by atoms with Crippen molar-refractivity contribution < 1.29 is 0 Å². The minimum atomic E-state index is 0.616. The Morgan fingerprint density at radius 3 is 2.35 bits per heavy atom. The largest absolute Gasteiger partial charge is 0.370 e. The highest BCUT2D eigenvalue weighted by Crippen LogP contribution is 2.41. The van der Waals surface area contributed by atoms with E-state index in [0.29, 0.717) is 5.41 Å². The lowest BCUT2D eigenvalue weighted by Crippen LogP contribution is -2.56. The number of nitrogens with zero attached hydrogens (tertiary/aromatic N) is 1. The number of halogens is 1. The fraction of sp³-hybridized carbons (Fsp3) is 0.600. The Bertz CT molecular complexity index is 361. The van der Waals surface area contributed by atoms with E-state index in [-0.39, 0.29) is 0 Å². The first kappa shape index (κ1) is 13.2. The van der Waals surface area contributed by atoms with E-state index in [9.17, 15) is 0 Å². The third kappa shape index (κ3) is 2.95. The second-order valence-corrected chi connectivity index (χ2v) is 6.58. The van der Waals surface area contributed by atoms with Crippen LogP contribution < -0.4 is 4.90 Å². The Balaban J connectivity index is 2.00. The van der Waals surface area contributed by atoms with Gasteiger partial charge in [-0.25, -0.2) is 0 Å². The maximum atomic E-state index is 2.54. The molecular formula is C15H22IN. The molecule has 0 atom stereocenters. The Labute approximate surface area is 119 Å². The Morgan fingerprint density at radius 1 is 1.18 bits per heavy atom. The van der Waals surface area contributed by atoms with Gasteiger partial charge in [0.15, 0.2) is 0 Å². The van der Waals surface area contributed by atoms with Crippen molar-refractivity contribution in [2.75, 3.05) is 18.0 Å². The topological polar surface area (TPSA) is 3.24 Å². The monoisotopic (exact) mass is 343 g/mol. The molecule has 0 aromatic heterocycles. The molecule has 0 saturated carbocycles. The Morgan fingerprint density at radius 2 is 1.82 bits per heavy atom. The van der Waals surface area contributed by atoms with E-state index in [1.165, 1.54) is 48.0 Å². The maximum absolute atomic E-state index is 2.54. The van der Waals surface area contributed by atoms with Gasteiger partial charge in [-0.1, -0.05) is 32.8 Å². The predicted octanol–water partition coefficient (Wildman–Crippen LogP) is 4.70. The van der Waals surface area contributed by atoms with Crippen molar-refractivity contribution in [3.63, 3.8) is 0 Å². The molecule has 0 spiro atoms. The van der Waals surface area contributed by atoms with Gasteiger partial charge < -0.3 is 4.90 Å². The van der Waals surface area contributed by atoms with Crippen LogP contribution in [-0.2, 0) is 0 Å². The summed E-state index contributed by atoms with van der Waals surface area (Å²) in [6, 6.07) is 8.86. The Hall–Kier alpha value is -0.250. The lowest BCUT2D eigenvalue weighted by Gasteiger charge is -2.52. The first-order valence-corrected chi connectivity index (χ1v) is 7.77. The summed E-state index contributed by atoms with van der Waals surface area (Å²) in [7, 11) is 0. The number of rotatable bonds is 5. The van der Waals surface area contributed by atoms with Crippen LogP contribution in [0.4, 0.5) is 5.69 Å². The normalized spacial score (nSPS) is 17.9. The Kier molecular flexibility index (Phi) is 4.34. The molecule has 1 nitrogen and oxygen atoms in total. The zero-order valence-electron chi connectivity index (χ0n) is 10.9. The molecule has 0 unspecified atom stereocenters. The molecule has 0 amide bonds. The second-order valence-electron chi connectivity index (χ2n) is 5.34. The maximum Gasteiger partial charge on any atom is 0.0377 e. The van der Waals surface area contributed by atoms with Gasteiger partial charge in [0.1, 0.15) is 0 Å². The molecule has 1 aromatic rings. The van der Waals surface area contributed by atoms with Crippen LogP contribution in [0.3, 0.4) is 0 Å². The van der Waals surface area contributed by atoms with Crippen molar-refractivity contribution in [1.29, 1.82) is 0 Å². The lowest BCUT2D eigenvalue weighted by atomic mass is 9.72. The van der Waals surface area contributed by atoms with E-state index < -0.39 is 0 Å². The van der Waals surface area contributed by atoms with E-state index in [1.54, 1.807) is 0 Å². The summed E-state index contributed by atoms with van der Waals surface area (Å²) < 4.78 is 1.34. The molecule has 1 fully saturated rings. The van der Waals surface area contributed by atoms with Gasteiger partial charge in [0.05, 0.1) is 0 Å². The summed E-state index contributed by atoms with van der Waals surface area (Å²) in [6.07, 6.45) is 5.42. The molecule has 0 aliphatic carbocycles. The summed E-state index contributed by atoms with van der Waals surface area (Å²) in [5, 5.41) is 0. The van der Waals surface area contributed by atoms with Crippen molar-refractivity contribution in [3.05, 3.63) is 27.8 Å². The highest BCUT2D eigenvalue weighted by Gasteiger charge is 2.41. The van der Waals surface area contributed by atoms with Crippen LogP contribution in [0.1, 0.15) is 39.5 Å². The van der Waals surface area contributed by atoms with Crippen LogP contribution in [0.2, 0.25) is 0 Å². The molecule has 0 radical (unpaired) electrons. The number of hydrogen-bond acceptors (Lipinski definition) is 1. The van der Waals surface area contributed by atoms with Gasteiger partial charge in [0.25, 0.3) is 0 Å². The van der Waals surface area contributed by atoms with Gasteiger partial charge in [-0.05, 0) is 53.6 Å².